The lowest BCUT2D eigenvalue weighted by Crippen LogP contribution is -2.49. The number of hydrogen-bond acceptors (Lipinski definition) is 7. The Balaban J connectivity index is 1.47. The van der Waals surface area contributed by atoms with Crippen molar-refractivity contribution in [2.24, 2.45) is 0 Å². The number of aryl methyl sites for hydroxylation is 1. The highest BCUT2D eigenvalue weighted by Crippen LogP contribution is 2.32. The maximum absolute atomic E-state index is 13.2. The van der Waals surface area contributed by atoms with E-state index in [0.29, 0.717) is 17.7 Å². The number of carbonyl (C=O) groups is 2. The Kier molecular flexibility index (Phi) is 8.21. The first-order valence-corrected chi connectivity index (χ1v) is 13.9. The summed E-state index contributed by atoms with van der Waals surface area (Å²) >= 11 is 1.51. The molecule has 41 heavy (non-hydrogen) atoms. The molecule has 2 amide bonds. The van der Waals surface area contributed by atoms with Crippen molar-refractivity contribution in [3.05, 3.63) is 124 Å². The number of nitrogens with zero attached hydrogens (tertiary/aromatic N) is 4. The molecule has 0 unspecified atom stereocenters. The fourth-order valence-electron chi connectivity index (χ4n) is 4.74. The summed E-state index contributed by atoms with van der Waals surface area (Å²) in [6, 6.07) is 26.1. The van der Waals surface area contributed by atoms with Crippen molar-refractivity contribution < 1.29 is 19.1 Å². The first kappa shape index (κ1) is 27.7. The smallest absolute Gasteiger partial charge is 0.405 e. The maximum atomic E-state index is 13.2. The van der Waals surface area contributed by atoms with Gasteiger partial charge in [0.2, 0.25) is 11.8 Å². The summed E-state index contributed by atoms with van der Waals surface area (Å²) in [7, 11) is 1.73. The second kappa shape index (κ2) is 12.1. The van der Waals surface area contributed by atoms with Crippen molar-refractivity contribution >= 4 is 23.3 Å². The molecule has 2 aromatic heterocycles. The Bertz CT molecular complexity index is 1590. The summed E-state index contributed by atoms with van der Waals surface area (Å²) in [6.07, 6.45) is -0.630. The van der Waals surface area contributed by atoms with Crippen LogP contribution >= 0.6 is 11.3 Å². The zero-order valence-corrected chi connectivity index (χ0v) is 23.5. The number of thiazole rings is 1. The van der Waals surface area contributed by atoms with Crippen molar-refractivity contribution in [2.75, 3.05) is 7.05 Å². The summed E-state index contributed by atoms with van der Waals surface area (Å²) in [6.45, 7) is 2.32. The molecule has 0 aliphatic rings. The van der Waals surface area contributed by atoms with Crippen molar-refractivity contribution in [2.45, 2.75) is 31.8 Å². The van der Waals surface area contributed by atoms with E-state index in [4.69, 9.17) is 4.42 Å². The monoisotopic (exact) mass is 567 g/mol. The van der Waals surface area contributed by atoms with Crippen molar-refractivity contribution in [3.63, 3.8) is 0 Å². The summed E-state index contributed by atoms with van der Waals surface area (Å²) in [5.74, 6) is 0.149. The fraction of sp³-hybridized carbons (Fsp3) is 0.194. The minimum absolute atomic E-state index is 0.135. The number of amides is 2. The molecule has 5 rings (SSSR count). The third-order valence-corrected chi connectivity index (χ3v) is 7.57. The van der Waals surface area contributed by atoms with Gasteiger partial charge in [0.1, 0.15) is 10.5 Å². The number of carboxylic acid groups (broad SMARTS) is 1. The first-order valence-electron chi connectivity index (χ1n) is 13.0. The minimum Gasteiger partial charge on any atom is -0.465 e. The van der Waals surface area contributed by atoms with Gasteiger partial charge in [-0.3, -0.25) is 4.79 Å². The molecule has 208 valence electrons. The van der Waals surface area contributed by atoms with Crippen molar-refractivity contribution in [3.8, 4) is 11.5 Å². The molecule has 0 saturated heterocycles. The quantitative estimate of drug-likeness (QED) is 0.221. The highest BCUT2D eigenvalue weighted by atomic mass is 32.1. The Morgan fingerprint density at radius 2 is 1.61 bits per heavy atom. The summed E-state index contributed by atoms with van der Waals surface area (Å²) in [5.41, 5.74) is 2.51. The van der Waals surface area contributed by atoms with Gasteiger partial charge in [-0.25, -0.2) is 9.78 Å². The number of hydrogen-bond donors (Lipinski definition) is 2. The maximum Gasteiger partial charge on any atom is 0.405 e. The molecule has 5 aromatic rings. The van der Waals surface area contributed by atoms with Crippen LogP contribution in [0.2, 0.25) is 0 Å². The highest BCUT2D eigenvalue weighted by Gasteiger charge is 2.40. The van der Waals surface area contributed by atoms with Crippen LogP contribution in [-0.4, -0.2) is 44.2 Å². The Morgan fingerprint density at radius 1 is 0.951 bits per heavy atom. The Morgan fingerprint density at radius 3 is 2.20 bits per heavy atom. The molecule has 2 heterocycles. The van der Waals surface area contributed by atoms with Gasteiger partial charge in [0.25, 0.3) is 5.91 Å². The van der Waals surface area contributed by atoms with Gasteiger partial charge in [-0.05, 0) is 36.2 Å². The van der Waals surface area contributed by atoms with Crippen LogP contribution in [0.4, 0.5) is 4.79 Å². The molecular weight excluding hydrogens is 538 g/mol. The number of aromatic nitrogens is 3. The van der Waals surface area contributed by atoms with Crippen LogP contribution in [0.3, 0.4) is 0 Å². The third-order valence-electron chi connectivity index (χ3n) is 6.62. The largest absolute Gasteiger partial charge is 0.465 e. The first-order chi connectivity index (χ1) is 19.8. The summed E-state index contributed by atoms with van der Waals surface area (Å²) in [4.78, 5) is 31.4. The van der Waals surface area contributed by atoms with E-state index in [-0.39, 0.29) is 30.5 Å². The van der Waals surface area contributed by atoms with Gasteiger partial charge in [-0.15, -0.1) is 21.5 Å². The van der Waals surface area contributed by atoms with Crippen molar-refractivity contribution in [1.29, 1.82) is 0 Å². The predicted octanol–water partition coefficient (Wildman–Crippen LogP) is 5.72. The molecule has 10 heteroatoms. The molecule has 2 N–H and O–H groups in total. The van der Waals surface area contributed by atoms with Gasteiger partial charge < -0.3 is 19.7 Å². The average Bonchev–Trinajstić information content (AvgIpc) is 3.63. The van der Waals surface area contributed by atoms with E-state index < -0.39 is 11.6 Å². The fourth-order valence-corrected chi connectivity index (χ4v) is 5.56. The van der Waals surface area contributed by atoms with Gasteiger partial charge in [-0.2, -0.15) is 0 Å². The van der Waals surface area contributed by atoms with Crippen LogP contribution in [0, 0.1) is 6.92 Å². The predicted molar refractivity (Wildman–Crippen MR) is 156 cm³/mol. The van der Waals surface area contributed by atoms with E-state index in [9.17, 15) is 14.7 Å². The molecule has 9 nitrogen and oxygen atoms in total. The van der Waals surface area contributed by atoms with Gasteiger partial charge in [0.15, 0.2) is 0 Å². The average molecular weight is 568 g/mol. The molecule has 0 aliphatic carbocycles. The zero-order chi connectivity index (χ0) is 28.8. The minimum atomic E-state index is -1.24. The van der Waals surface area contributed by atoms with Crippen LogP contribution in [0.1, 0.15) is 38.1 Å². The molecule has 0 aliphatic heterocycles. The van der Waals surface area contributed by atoms with E-state index in [2.05, 4.69) is 20.5 Å². The number of nitrogens with one attached hydrogen (secondary N) is 1. The molecule has 0 fully saturated rings. The van der Waals surface area contributed by atoms with Crippen molar-refractivity contribution in [1.82, 2.24) is 25.4 Å². The van der Waals surface area contributed by atoms with Gasteiger partial charge in [0, 0.05) is 42.1 Å². The van der Waals surface area contributed by atoms with Crippen LogP contribution < -0.4 is 5.32 Å². The van der Waals surface area contributed by atoms with Gasteiger partial charge in [0.05, 0.1) is 6.54 Å². The lowest BCUT2D eigenvalue weighted by Gasteiger charge is -2.30. The second-order valence-corrected chi connectivity index (χ2v) is 10.8. The molecule has 3 aromatic carbocycles. The van der Waals surface area contributed by atoms with E-state index in [1.54, 1.807) is 36.2 Å². The zero-order valence-electron chi connectivity index (χ0n) is 22.7. The second-order valence-electron chi connectivity index (χ2n) is 9.87. The van der Waals surface area contributed by atoms with Crippen LogP contribution in [-0.2, 0) is 24.9 Å². The van der Waals surface area contributed by atoms with Gasteiger partial charge in [-0.1, -0.05) is 66.7 Å². The summed E-state index contributed by atoms with van der Waals surface area (Å²) < 4.78 is 6.19. The molecular formula is C31H29N5O4S. The van der Waals surface area contributed by atoms with E-state index in [0.717, 1.165) is 21.8 Å². The van der Waals surface area contributed by atoms with Crippen LogP contribution in [0.5, 0.6) is 0 Å². The summed E-state index contributed by atoms with van der Waals surface area (Å²) in [5, 5.41) is 24.0. The number of carbonyl (C=O) groups excluding carboxylic acids is 1. The van der Waals surface area contributed by atoms with Crippen LogP contribution in [0.15, 0.2) is 94.7 Å². The normalized spacial score (nSPS) is 11.3. The topological polar surface area (TPSA) is 121 Å². The highest BCUT2D eigenvalue weighted by molar-refractivity contribution is 7.09. The lowest BCUT2D eigenvalue weighted by atomic mass is 9.84. The van der Waals surface area contributed by atoms with Gasteiger partial charge >= 0.3 is 6.09 Å². The van der Waals surface area contributed by atoms with E-state index >= 15 is 0 Å². The standard InChI is InChI=1S/C31H29N5O4S/c1-21-20-41-26(32-21)19-36(2)28(37)25-15-9-14-24(16-25)27-34-35-29(40-27)31(33-30(38)39,17-22-10-5-3-6-11-22)18-23-12-7-4-8-13-23/h3-16,20,33H,17-19H2,1-2H3,(H,38,39). The Labute approximate surface area is 241 Å². The molecule has 0 atom stereocenters. The molecule has 0 radical (unpaired) electrons. The van der Waals surface area contributed by atoms with E-state index in [1.165, 1.54) is 11.3 Å². The third kappa shape index (κ3) is 6.67. The van der Waals surface area contributed by atoms with Crippen LogP contribution in [0.25, 0.3) is 11.5 Å². The SMILES string of the molecule is Cc1csc(CN(C)C(=O)c2cccc(-c3nnc(C(Cc4ccccc4)(Cc4ccccc4)NC(=O)O)o3)c2)n1. The van der Waals surface area contributed by atoms with E-state index in [1.807, 2.05) is 73.0 Å². The number of benzene rings is 3. The Hall–Kier alpha value is -4.83. The molecule has 0 spiro atoms. The lowest BCUT2D eigenvalue weighted by molar-refractivity contribution is 0.0785. The number of rotatable bonds is 10. The molecule has 0 saturated carbocycles. The molecule has 0 bridgehead atoms.